The van der Waals surface area contributed by atoms with Crippen molar-refractivity contribution < 1.29 is 9.18 Å². The quantitative estimate of drug-likeness (QED) is 0.807. The molecule has 0 radical (unpaired) electrons. The first-order chi connectivity index (χ1) is 10.7. The molecule has 2 aromatic heterocycles. The fraction of sp³-hybridized carbons (Fsp3) is 0.556. The van der Waals surface area contributed by atoms with Crippen LogP contribution in [0.4, 0.5) is 4.39 Å². The molecular weight excluding hydrogens is 293 g/mol. The minimum absolute atomic E-state index is 0.0273. The summed E-state index contributed by atoms with van der Waals surface area (Å²) in [5.41, 5.74) is 1.48. The van der Waals surface area contributed by atoms with Crippen LogP contribution in [0.25, 0.3) is 5.65 Å². The van der Waals surface area contributed by atoms with E-state index in [1.54, 1.807) is 16.7 Å². The second-order valence-corrected chi connectivity index (χ2v) is 8.39. The Bertz CT molecular complexity index is 797. The Labute approximate surface area is 135 Å². The van der Waals surface area contributed by atoms with Gasteiger partial charge in [-0.25, -0.2) is 9.37 Å². The minimum atomic E-state index is -0.333. The van der Waals surface area contributed by atoms with Gasteiger partial charge in [0.25, 0.3) is 5.91 Å². The average Bonchev–Trinajstić information content (AvgIpc) is 2.94. The molecule has 3 heterocycles. The normalized spacial score (nSPS) is 29.2. The van der Waals surface area contributed by atoms with Crippen molar-refractivity contribution in [1.29, 1.82) is 0 Å². The lowest BCUT2D eigenvalue weighted by Crippen LogP contribution is -2.37. The lowest BCUT2D eigenvalue weighted by Gasteiger charge is -2.39. The van der Waals surface area contributed by atoms with Gasteiger partial charge in [-0.05, 0) is 42.2 Å². The van der Waals surface area contributed by atoms with Gasteiger partial charge in [0.05, 0.1) is 0 Å². The topological polar surface area (TPSA) is 37.6 Å². The number of pyridine rings is 1. The number of imidazole rings is 1. The second kappa shape index (κ2) is 4.56. The summed E-state index contributed by atoms with van der Waals surface area (Å²) >= 11 is 0. The van der Waals surface area contributed by atoms with E-state index < -0.39 is 0 Å². The Morgan fingerprint density at radius 2 is 2.04 bits per heavy atom. The maximum Gasteiger partial charge on any atom is 0.274 e. The first-order valence-corrected chi connectivity index (χ1v) is 8.20. The zero-order valence-corrected chi connectivity index (χ0v) is 13.8. The highest BCUT2D eigenvalue weighted by atomic mass is 19.1. The van der Waals surface area contributed by atoms with Gasteiger partial charge in [-0.15, -0.1) is 0 Å². The molecule has 2 aromatic rings. The lowest BCUT2D eigenvalue weighted by atomic mass is 9.65. The summed E-state index contributed by atoms with van der Waals surface area (Å²) in [5, 5.41) is 0. The highest BCUT2D eigenvalue weighted by Crippen LogP contribution is 2.52. The highest BCUT2D eigenvalue weighted by molar-refractivity contribution is 5.93. The molecule has 0 spiro atoms. The third-order valence-corrected chi connectivity index (χ3v) is 5.31. The fourth-order valence-corrected chi connectivity index (χ4v) is 4.91. The second-order valence-electron chi connectivity index (χ2n) is 8.39. The number of carbonyl (C=O) groups is 1. The van der Waals surface area contributed by atoms with Crippen LogP contribution in [0.1, 0.15) is 50.5 Å². The zero-order valence-electron chi connectivity index (χ0n) is 13.8. The van der Waals surface area contributed by atoms with E-state index in [-0.39, 0.29) is 28.6 Å². The number of amides is 1. The number of aromatic nitrogens is 2. The van der Waals surface area contributed by atoms with Crippen LogP contribution in [-0.2, 0) is 0 Å². The molecule has 2 aliphatic rings. The largest absolute Gasteiger partial charge is 0.334 e. The molecule has 2 atom stereocenters. The predicted molar refractivity (Wildman–Crippen MR) is 85.7 cm³/mol. The summed E-state index contributed by atoms with van der Waals surface area (Å²) in [6, 6.07) is 3.25. The van der Waals surface area contributed by atoms with Gasteiger partial charge in [0.15, 0.2) is 0 Å². The maximum absolute atomic E-state index is 13.3. The monoisotopic (exact) mass is 315 g/mol. The smallest absolute Gasteiger partial charge is 0.274 e. The summed E-state index contributed by atoms with van der Waals surface area (Å²) < 4.78 is 14.9. The van der Waals surface area contributed by atoms with Crippen LogP contribution in [0.15, 0.2) is 24.5 Å². The molecule has 1 amide bonds. The van der Waals surface area contributed by atoms with Crippen LogP contribution in [0, 0.1) is 16.6 Å². The maximum atomic E-state index is 13.3. The Kier molecular flexibility index (Phi) is 2.91. The number of rotatable bonds is 1. The minimum Gasteiger partial charge on any atom is -0.334 e. The molecule has 1 saturated heterocycles. The molecule has 1 aliphatic carbocycles. The molecule has 1 saturated carbocycles. The number of halogens is 1. The zero-order chi connectivity index (χ0) is 16.4. The summed E-state index contributed by atoms with van der Waals surface area (Å²) in [5.74, 6) is -0.360. The van der Waals surface area contributed by atoms with Gasteiger partial charge in [-0.1, -0.05) is 20.8 Å². The van der Waals surface area contributed by atoms with Crippen molar-refractivity contribution in [3.05, 3.63) is 36.0 Å². The van der Waals surface area contributed by atoms with Crippen LogP contribution >= 0.6 is 0 Å². The SMILES string of the molecule is CC1(C)CC2CC(C)(CN2C(=O)c2cn3cc(F)ccc3n2)C1. The third kappa shape index (κ3) is 2.42. The molecular formula is C18H22FN3O. The number of carbonyl (C=O) groups excluding carboxylic acids is 1. The first-order valence-electron chi connectivity index (χ1n) is 8.20. The molecule has 4 nitrogen and oxygen atoms in total. The van der Waals surface area contributed by atoms with Crippen molar-refractivity contribution in [1.82, 2.24) is 14.3 Å². The summed E-state index contributed by atoms with van der Waals surface area (Å²) in [7, 11) is 0. The van der Waals surface area contributed by atoms with Crippen molar-refractivity contribution in [3.63, 3.8) is 0 Å². The third-order valence-electron chi connectivity index (χ3n) is 5.31. The van der Waals surface area contributed by atoms with E-state index in [0.717, 1.165) is 25.8 Å². The van der Waals surface area contributed by atoms with Gasteiger partial charge >= 0.3 is 0 Å². The van der Waals surface area contributed by atoms with E-state index in [1.807, 2.05) is 4.90 Å². The van der Waals surface area contributed by atoms with Crippen LogP contribution in [0.5, 0.6) is 0 Å². The molecule has 0 N–H and O–H groups in total. The standard InChI is InChI=1S/C18H22FN3O/c1-17(2)6-13-7-18(3,10-17)11-22(13)16(23)14-9-21-8-12(19)4-5-15(21)20-14/h4-5,8-9,13H,6-7,10-11H2,1-3H3. The van der Waals surface area contributed by atoms with Gasteiger partial charge in [0.2, 0.25) is 0 Å². The van der Waals surface area contributed by atoms with E-state index in [2.05, 4.69) is 25.8 Å². The highest BCUT2D eigenvalue weighted by Gasteiger charge is 2.51. The van der Waals surface area contributed by atoms with Gasteiger partial charge in [0.1, 0.15) is 17.2 Å². The molecule has 2 fully saturated rings. The van der Waals surface area contributed by atoms with Gasteiger partial charge in [0, 0.05) is 25.0 Å². The van der Waals surface area contributed by atoms with Gasteiger partial charge in [-0.3, -0.25) is 4.79 Å². The molecule has 2 bridgehead atoms. The van der Waals surface area contributed by atoms with Gasteiger partial charge in [-0.2, -0.15) is 0 Å². The number of fused-ring (bicyclic) bond motifs is 3. The number of likely N-dealkylation sites (tertiary alicyclic amines) is 1. The number of hydrogen-bond donors (Lipinski definition) is 0. The number of hydrogen-bond acceptors (Lipinski definition) is 2. The molecule has 4 rings (SSSR count). The van der Waals surface area contributed by atoms with Crippen LogP contribution in [0.3, 0.4) is 0 Å². The Balaban J connectivity index is 1.66. The lowest BCUT2D eigenvalue weighted by molar-refractivity contribution is 0.0703. The fourth-order valence-electron chi connectivity index (χ4n) is 4.91. The van der Waals surface area contributed by atoms with Crippen molar-refractivity contribution in [2.75, 3.05) is 6.54 Å². The summed E-state index contributed by atoms with van der Waals surface area (Å²) in [6.45, 7) is 7.66. The van der Waals surface area contributed by atoms with E-state index in [4.69, 9.17) is 0 Å². The van der Waals surface area contributed by atoms with Crippen molar-refractivity contribution in [2.45, 2.75) is 46.1 Å². The van der Waals surface area contributed by atoms with E-state index in [1.165, 1.54) is 12.3 Å². The Morgan fingerprint density at radius 1 is 1.26 bits per heavy atom. The van der Waals surface area contributed by atoms with Gasteiger partial charge < -0.3 is 9.30 Å². The van der Waals surface area contributed by atoms with E-state index >= 15 is 0 Å². The first kappa shape index (κ1) is 14.7. The molecule has 5 heteroatoms. The van der Waals surface area contributed by atoms with Crippen molar-refractivity contribution in [3.8, 4) is 0 Å². The average molecular weight is 315 g/mol. The summed E-state index contributed by atoms with van der Waals surface area (Å²) in [4.78, 5) is 19.3. The van der Waals surface area contributed by atoms with Crippen LogP contribution in [0.2, 0.25) is 0 Å². The molecule has 2 unspecified atom stereocenters. The molecule has 1 aliphatic heterocycles. The molecule has 23 heavy (non-hydrogen) atoms. The summed E-state index contributed by atoms with van der Waals surface area (Å²) in [6.07, 6.45) is 6.25. The van der Waals surface area contributed by atoms with Crippen molar-refractivity contribution in [2.24, 2.45) is 10.8 Å². The molecule has 122 valence electrons. The van der Waals surface area contributed by atoms with Crippen molar-refractivity contribution >= 4 is 11.6 Å². The Hall–Kier alpha value is -1.91. The van der Waals surface area contributed by atoms with E-state index in [9.17, 15) is 9.18 Å². The van der Waals surface area contributed by atoms with Crippen LogP contribution in [-0.4, -0.2) is 32.8 Å². The number of nitrogens with zero attached hydrogens (tertiary/aromatic N) is 3. The predicted octanol–water partition coefficient (Wildman–Crippen LogP) is 3.51. The van der Waals surface area contributed by atoms with Crippen LogP contribution < -0.4 is 0 Å². The van der Waals surface area contributed by atoms with E-state index in [0.29, 0.717) is 11.3 Å². The Morgan fingerprint density at radius 3 is 2.83 bits per heavy atom. The molecule has 0 aromatic carbocycles.